The van der Waals surface area contributed by atoms with E-state index in [0.717, 1.165) is 11.3 Å². The van der Waals surface area contributed by atoms with Gasteiger partial charge >= 0.3 is 12.2 Å². The fourth-order valence-electron chi connectivity index (χ4n) is 4.93. The van der Waals surface area contributed by atoms with Crippen molar-refractivity contribution < 1.29 is 19.1 Å². The number of benzene rings is 1. The number of hydrogen-bond acceptors (Lipinski definition) is 5. The number of nitrogens with one attached hydrogen (secondary N) is 1. The molecule has 3 heterocycles. The number of cyclic esters (lactones) is 1. The molecular formula is C19H21N3O4. The Bertz CT molecular complexity index is 838. The maximum Gasteiger partial charge on any atom is 0.429 e. The lowest BCUT2D eigenvalue weighted by molar-refractivity contribution is -0.0710. The number of fused-ring (bicyclic) bond motifs is 7. The zero-order valence-electron chi connectivity index (χ0n) is 14.8. The molecule has 0 bridgehead atoms. The van der Waals surface area contributed by atoms with Crippen molar-refractivity contribution in [1.29, 1.82) is 0 Å². The van der Waals surface area contributed by atoms with E-state index in [9.17, 15) is 9.59 Å². The molecule has 0 radical (unpaired) electrons. The number of carbonyl (C=O) groups is 2. The van der Waals surface area contributed by atoms with Gasteiger partial charge in [0, 0.05) is 18.0 Å². The summed E-state index contributed by atoms with van der Waals surface area (Å²) < 4.78 is 10.5. The van der Waals surface area contributed by atoms with Crippen molar-refractivity contribution in [2.75, 3.05) is 18.5 Å². The van der Waals surface area contributed by atoms with Crippen LogP contribution in [-0.4, -0.2) is 53.0 Å². The lowest BCUT2D eigenvalue weighted by Gasteiger charge is -2.41. The van der Waals surface area contributed by atoms with E-state index in [1.54, 1.807) is 6.92 Å². The molecule has 1 N–H and O–H groups in total. The van der Waals surface area contributed by atoms with Crippen molar-refractivity contribution >= 4 is 17.9 Å². The van der Waals surface area contributed by atoms with Gasteiger partial charge < -0.3 is 14.8 Å². The summed E-state index contributed by atoms with van der Waals surface area (Å²) in [5.74, 6) is 0.181. The molecule has 7 nitrogen and oxygen atoms in total. The zero-order valence-corrected chi connectivity index (χ0v) is 14.8. The Balaban J connectivity index is 1.63. The highest BCUT2D eigenvalue weighted by Crippen LogP contribution is 2.55. The Morgan fingerprint density at radius 1 is 1.42 bits per heavy atom. The van der Waals surface area contributed by atoms with Gasteiger partial charge in [-0.05, 0) is 31.1 Å². The minimum atomic E-state index is -0.562. The summed E-state index contributed by atoms with van der Waals surface area (Å²) in [7, 11) is 0. The second-order valence-electron chi connectivity index (χ2n) is 7.34. The second-order valence-corrected chi connectivity index (χ2v) is 7.34. The van der Waals surface area contributed by atoms with Crippen LogP contribution in [0.25, 0.3) is 0 Å². The van der Waals surface area contributed by atoms with Crippen molar-refractivity contribution in [1.82, 2.24) is 10.0 Å². The van der Waals surface area contributed by atoms with Gasteiger partial charge in [-0.2, -0.15) is 0 Å². The molecule has 4 aliphatic rings. The molecule has 7 heteroatoms. The molecule has 0 saturated carbocycles. The maximum atomic E-state index is 12.8. The standard InChI is InChI=1S/C19H21N3O4/c1-3-25-17(23)21-16-13(19(2)8-9-26-18(24)22(19)21)10-12-11-6-4-5-7-14(11)20-15(12)16/h4-7,10,12,15-16,20H,3,8-9H2,1-2H3/t12-,15+,16+,19-/m1/s1. The third-order valence-electron chi connectivity index (χ3n) is 6.06. The van der Waals surface area contributed by atoms with Gasteiger partial charge in [0.25, 0.3) is 0 Å². The smallest absolute Gasteiger partial charge is 0.429 e. The van der Waals surface area contributed by atoms with Crippen LogP contribution in [0.4, 0.5) is 15.3 Å². The highest BCUT2D eigenvalue weighted by Gasteiger charge is 2.64. The van der Waals surface area contributed by atoms with Crippen molar-refractivity contribution in [3.05, 3.63) is 41.5 Å². The first-order chi connectivity index (χ1) is 12.6. The molecule has 26 heavy (non-hydrogen) atoms. The van der Waals surface area contributed by atoms with Crippen LogP contribution in [0.2, 0.25) is 0 Å². The third-order valence-corrected chi connectivity index (χ3v) is 6.06. The molecule has 2 amide bonds. The highest BCUT2D eigenvalue weighted by molar-refractivity contribution is 5.80. The normalized spacial score (nSPS) is 33.5. The largest absolute Gasteiger partial charge is 0.448 e. The average Bonchev–Trinajstić information content (AvgIpc) is 3.22. The van der Waals surface area contributed by atoms with E-state index in [1.165, 1.54) is 15.6 Å². The van der Waals surface area contributed by atoms with Gasteiger partial charge in [0.05, 0.1) is 24.8 Å². The van der Waals surface area contributed by atoms with Gasteiger partial charge in [-0.25, -0.2) is 19.6 Å². The SMILES string of the molecule is CCOC(=O)N1[C@H]2C(=C[C@@H]3c4ccccc4N[C@@H]32)[C@@]2(C)CCOC(=O)N12. The molecule has 2 fully saturated rings. The maximum absolute atomic E-state index is 12.8. The number of hydrazine groups is 1. The summed E-state index contributed by atoms with van der Waals surface area (Å²) in [5.41, 5.74) is 2.85. The fraction of sp³-hybridized carbons (Fsp3) is 0.474. The second kappa shape index (κ2) is 5.16. The summed E-state index contributed by atoms with van der Waals surface area (Å²) in [6, 6.07) is 7.93. The molecule has 2 saturated heterocycles. The first-order valence-corrected chi connectivity index (χ1v) is 9.07. The molecular weight excluding hydrogens is 334 g/mol. The predicted octanol–water partition coefficient (Wildman–Crippen LogP) is 2.86. The van der Waals surface area contributed by atoms with Crippen molar-refractivity contribution in [3.63, 3.8) is 0 Å². The lowest BCUT2D eigenvalue weighted by atomic mass is 9.86. The molecule has 0 aromatic heterocycles. The number of nitrogens with zero attached hydrogens (tertiary/aromatic N) is 2. The van der Waals surface area contributed by atoms with E-state index in [2.05, 4.69) is 17.5 Å². The number of ether oxygens (including phenoxy) is 2. The molecule has 1 aliphatic carbocycles. The van der Waals surface area contributed by atoms with E-state index in [-0.39, 0.29) is 24.6 Å². The topological polar surface area (TPSA) is 71.1 Å². The van der Waals surface area contributed by atoms with Crippen molar-refractivity contribution in [2.45, 2.75) is 43.8 Å². The van der Waals surface area contributed by atoms with Gasteiger partial charge in [-0.3, -0.25) is 0 Å². The molecule has 0 unspecified atom stereocenters. The summed E-state index contributed by atoms with van der Waals surface area (Å²) in [5, 5.41) is 6.49. The number of hydrogen-bond donors (Lipinski definition) is 1. The highest BCUT2D eigenvalue weighted by atomic mass is 16.6. The molecule has 4 atom stereocenters. The summed E-state index contributed by atoms with van der Waals surface area (Å²) in [6.07, 6.45) is 1.88. The molecule has 1 aromatic rings. The van der Waals surface area contributed by atoms with E-state index in [0.29, 0.717) is 13.0 Å². The Morgan fingerprint density at radius 2 is 2.23 bits per heavy atom. The van der Waals surface area contributed by atoms with E-state index in [4.69, 9.17) is 9.47 Å². The first kappa shape index (κ1) is 15.5. The van der Waals surface area contributed by atoms with Crippen LogP contribution in [0.5, 0.6) is 0 Å². The fourth-order valence-corrected chi connectivity index (χ4v) is 4.93. The zero-order chi connectivity index (χ0) is 18.1. The minimum Gasteiger partial charge on any atom is -0.448 e. The number of amides is 2. The van der Waals surface area contributed by atoms with Crippen LogP contribution in [0.1, 0.15) is 31.7 Å². The predicted molar refractivity (Wildman–Crippen MR) is 93.5 cm³/mol. The Labute approximate surface area is 151 Å². The monoisotopic (exact) mass is 355 g/mol. The van der Waals surface area contributed by atoms with E-state index < -0.39 is 17.7 Å². The van der Waals surface area contributed by atoms with E-state index in [1.807, 2.05) is 25.1 Å². The molecule has 3 aliphatic heterocycles. The van der Waals surface area contributed by atoms with Crippen molar-refractivity contribution in [3.8, 4) is 0 Å². The van der Waals surface area contributed by atoms with Gasteiger partial charge in [0.15, 0.2) is 0 Å². The molecule has 136 valence electrons. The van der Waals surface area contributed by atoms with Crippen LogP contribution in [-0.2, 0) is 9.47 Å². The first-order valence-electron chi connectivity index (χ1n) is 9.07. The van der Waals surface area contributed by atoms with Crippen LogP contribution in [0.3, 0.4) is 0 Å². The molecule has 0 spiro atoms. The summed E-state index contributed by atoms with van der Waals surface area (Å²) in [4.78, 5) is 25.3. The van der Waals surface area contributed by atoms with Gasteiger partial charge in [-0.1, -0.05) is 24.3 Å². The Kier molecular flexibility index (Phi) is 3.08. The van der Waals surface area contributed by atoms with Gasteiger partial charge in [0.1, 0.15) is 6.04 Å². The van der Waals surface area contributed by atoms with Crippen molar-refractivity contribution in [2.24, 2.45) is 0 Å². The number of rotatable bonds is 1. The quantitative estimate of drug-likeness (QED) is 0.785. The third kappa shape index (κ3) is 1.78. The Hall–Kier alpha value is -2.70. The van der Waals surface area contributed by atoms with Crippen LogP contribution < -0.4 is 5.32 Å². The molecule has 5 rings (SSSR count). The minimum absolute atomic E-state index is 0.0120. The van der Waals surface area contributed by atoms with Crippen LogP contribution in [0.15, 0.2) is 35.9 Å². The summed E-state index contributed by atoms with van der Waals surface area (Å²) in [6.45, 7) is 4.38. The van der Waals surface area contributed by atoms with E-state index >= 15 is 0 Å². The Morgan fingerprint density at radius 3 is 3.04 bits per heavy atom. The molecule has 1 aromatic carbocycles. The lowest BCUT2D eigenvalue weighted by Crippen LogP contribution is -2.59. The van der Waals surface area contributed by atoms with Crippen LogP contribution in [0, 0.1) is 0 Å². The van der Waals surface area contributed by atoms with Crippen LogP contribution >= 0.6 is 0 Å². The number of carbonyl (C=O) groups excluding carboxylic acids is 2. The van der Waals surface area contributed by atoms with Gasteiger partial charge in [-0.15, -0.1) is 0 Å². The average molecular weight is 355 g/mol. The number of anilines is 1. The number of para-hydroxylation sites is 1. The summed E-state index contributed by atoms with van der Waals surface area (Å²) >= 11 is 0. The van der Waals surface area contributed by atoms with Gasteiger partial charge in [0.2, 0.25) is 0 Å².